The van der Waals surface area contributed by atoms with Crippen molar-refractivity contribution < 1.29 is 18.8 Å². The van der Waals surface area contributed by atoms with Crippen LogP contribution in [0.4, 0.5) is 14.9 Å². The van der Waals surface area contributed by atoms with Crippen LogP contribution in [0.15, 0.2) is 53.4 Å². The van der Waals surface area contributed by atoms with Gasteiger partial charge < -0.3 is 5.32 Å². The quantitative estimate of drug-likeness (QED) is 0.831. The van der Waals surface area contributed by atoms with Gasteiger partial charge in [0.25, 0.3) is 11.1 Å². The fraction of sp³-hybridized carbons (Fsp3) is 0.105. The highest BCUT2D eigenvalue weighted by Gasteiger charge is 2.36. The minimum Gasteiger partial charge on any atom is -0.325 e. The second-order valence-electron chi connectivity index (χ2n) is 5.74. The summed E-state index contributed by atoms with van der Waals surface area (Å²) in [4.78, 5) is 37.6. The number of aryl methyl sites for hydroxylation is 1. The van der Waals surface area contributed by atoms with Gasteiger partial charge in [-0.25, -0.2) is 4.39 Å². The van der Waals surface area contributed by atoms with Crippen molar-refractivity contribution in [1.29, 1.82) is 0 Å². The third kappa shape index (κ3) is 4.18. The molecule has 1 saturated heterocycles. The van der Waals surface area contributed by atoms with E-state index in [0.29, 0.717) is 11.3 Å². The monoisotopic (exact) mass is 370 g/mol. The maximum atomic E-state index is 13.2. The first kappa shape index (κ1) is 17.9. The van der Waals surface area contributed by atoms with Crippen molar-refractivity contribution in [2.75, 3.05) is 11.9 Å². The largest absolute Gasteiger partial charge is 0.325 e. The predicted octanol–water partition coefficient (Wildman–Crippen LogP) is 3.81. The minimum atomic E-state index is -0.566. The molecular formula is C19H15FN2O3S. The van der Waals surface area contributed by atoms with Crippen LogP contribution in [0.25, 0.3) is 6.08 Å². The van der Waals surface area contributed by atoms with E-state index in [-0.39, 0.29) is 11.4 Å². The van der Waals surface area contributed by atoms with Crippen LogP contribution >= 0.6 is 11.8 Å². The molecule has 0 atom stereocenters. The van der Waals surface area contributed by atoms with E-state index in [1.54, 1.807) is 24.3 Å². The Morgan fingerprint density at radius 2 is 1.96 bits per heavy atom. The molecule has 0 spiro atoms. The highest BCUT2D eigenvalue weighted by molar-refractivity contribution is 8.18. The Bertz CT molecular complexity index is 927. The first-order chi connectivity index (χ1) is 12.4. The van der Waals surface area contributed by atoms with Crippen LogP contribution in [-0.4, -0.2) is 28.5 Å². The standard InChI is InChI=1S/C19H15FN2O3S/c1-12-4-2-7-15(8-12)21-17(23)11-22-18(24)16(26-19(22)25)10-13-5-3-6-14(20)9-13/h2-10H,11H2,1H3,(H,21,23)/b16-10+. The molecule has 0 saturated carbocycles. The average Bonchev–Trinajstić information content (AvgIpc) is 2.82. The molecule has 0 bridgehead atoms. The van der Waals surface area contributed by atoms with Gasteiger partial charge >= 0.3 is 0 Å². The van der Waals surface area contributed by atoms with Crippen molar-refractivity contribution in [2.24, 2.45) is 0 Å². The molecule has 1 heterocycles. The Hall–Kier alpha value is -2.93. The zero-order chi connectivity index (χ0) is 18.7. The third-order valence-electron chi connectivity index (χ3n) is 3.62. The van der Waals surface area contributed by atoms with Gasteiger partial charge in [0.2, 0.25) is 5.91 Å². The molecule has 132 valence electrons. The zero-order valence-electron chi connectivity index (χ0n) is 13.9. The number of carbonyl (C=O) groups excluding carboxylic acids is 3. The van der Waals surface area contributed by atoms with E-state index in [0.717, 1.165) is 22.2 Å². The van der Waals surface area contributed by atoms with Gasteiger partial charge in [-0.1, -0.05) is 24.3 Å². The summed E-state index contributed by atoms with van der Waals surface area (Å²) in [7, 11) is 0. The van der Waals surface area contributed by atoms with Crippen LogP contribution in [0.1, 0.15) is 11.1 Å². The van der Waals surface area contributed by atoms with Gasteiger partial charge in [-0.05, 0) is 60.2 Å². The van der Waals surface area contributed by atoms with Gasteiger partial charge in [0.1, 0.15) is 12.4 Å². The lowest BCUT2D eigenvalue weighted by Crippen LogP contribution is -2.36. The molecule has 5 nitrogen and oxygen atoms in total. The molecule has 0 radical (unpaired) electrons. The van der Waals surface area contributed by atoms with Crippen molar-refractivity contribution in [3.8, 4) is 0 Å². The summed E-state index contributed by atoms with van der Waals surface area (Å²) in [6, 6.07) is 12.9. The van der Waals surface area contributed by atoms with Gasteiger partial charge in [0.05, 0.1) is 4.91 Å². The first-order valence-electron chi connectivity index (χ1n) is 7.80. The lowest BCUT2D eigenvalue weighted by Gasteiger charge is -2.12. The minimum absolute atomic E-state index is 0.156. The van der Waals surface area contributed by atoms with Gasteiger partial charge in [-0.2, -0.15) is 0 Å². The lowest BCUT2D eigenvalue weighted by molar-refractivity contribution is -0.127. The van der Waals surface area contributed by atoms with E-state index in [4.69, 9.17) is 0 Å². The lowest BCUT2D eigenvalue weighted by atomic mass is 10.2. The highest BCUT2D eigenvalue weighted by Crippen LogP contribution is 2.32. The number of anilines is 1. The van der Waals surface area contributed by atoms with E-state index in [1.807, 2.05) is 13.0 Å². The second-order valence-corrected chi connectivity index (χ2v) is 6.73. The summed E-state index contributed by atoms with van der Waals surface area (Å²) in [6.07, 6.45) is 1.44. The van der Waals surface area contributed by atoms with Crippen molar-refractivity contribution in [3.63, 3.8) is 0 Å². The molecule has 3 rings (SSSR count). The van der Waals surface area contributed by atoms with Crippen LogP contribution in [0, 0.1) is 12.7 Å². The van der Waals surface area contributed by atoms with Crippen molar-refractivity contribution in [2.45, 2.75) is 6.92 Å². The first-order valence-corrected chi connectivity index (χ1v) is 8.61. The Morgan fingerprint density at radius 1 is 1.19 bits per heavy atom. The number of carbonyl (C=O) groups is 3. The smallest absolute Gasteiger partial charge is 0.294 e. The molecule has 26 heavy (non-hydrogen) atoms. The second kappa shape index (κ2) is 7.53. The zero-order valence-corrected chi connectivity index (χ0v) is 14.7. The van der Waals surface area contributed by atoms with E-state index in [2.05, 4.69) is 5.32 Å². The molecule has 2 aromatic carbocycles. The normalized spacial score (nSPS) is 15.6. The van der Waals surface area contributed by atoms with Gasteiger partial charge in [0.15, 0.2) is 0 Å². The van der Waals surface area contributed by atoms with Crippen LogP contribution < -0.4 is 5.32 Å². The number of halogens is 1. The van der Waals surface area contributed by atoms with Crippen LogP contribution in [0.5, 0.6) is 0 Å². The van der Waals surface area contributed by atoms with Crippen molar-refractivity contribution in [1.82, 2.24) is 4.90 Å². The molecule has 2 aromatic rings. The molecule has 0 aromatic heterocycles. The number of hydrogen-bond donors (Lipinski definition) is 1. The summed E-state index contributed by atoms with van der Waals surface area (Å²) in [5.74, 6) is -1.47. The molecule has 0 unspecified atom stereocenters. The van der Waals surface area contributed by atoms with Crippen molar-refractivity contribution >= 4 is 40.6 Å². The summed E-state index contributed by atoms with van der Waals surface area (Å²) in [6.45, 7) is 1.52. The fourth-order valence-electron chi connectivity index (χ4n) is 2.45. The van der Waals surface area contributed by atoms with Crippen LogP contribution in [0.3, 0.4) is 0 Å². The number of thioether (sulfide) groups is 1. The van der Waals surface area contributed by atoms with E-state index >= 15 is 0 Å². The fourth-order valence-corrected chi connectivity index (χ4v) is 3.29. The number of nitrogens with zero attached hydrogens (tertiary/aromatic N) is 1. The highest BCUT2D eigenvalue weighted by atomic mass is 32.2. The molecule has 7 heteroatoms. The van der Waals surface area contributed by atoms with E-state index in [1.165, 1.54) is 24.3 Å². The maximum absolute atomic E-state index is 13.2. The van der Waals surface area contributed by atoms with Gasteiger partial charge in [-0.15, -0.1) is 0 Å². The molecule has 1 fully saturated rings. The SMILES string of the molecule is Cc1cccc(NC(=O)CN2C(=O)S/C(=C/c3cccc(F)c3)C2=O)c1. The van der Waals surface area contributed by atoms with Crippen LogP contribution in [-0.2, 0) is 9.59 Å². The number of hydrogen-bond acceptors (Lipinski definition) is 4. The van der Waals surface area contributed by atoms with E-state index in [9.17, 15) is 18.8 Å². The molecule has 0 aliphatic carbocycles. The molecule has 1 N–H and O–H groups in total. The summed E-state index contributed by atoms with van der Waals surface area (Å²) in [5.41, 5.74) is 2.05. The Morgan fingerprint density at radius 3 is 2.69 bits per heavy atom. The number of nitrogens with one attached hydrogen (secondary N) is 1. The van der Waals surface area contributed by atoms with Gasteiger partial charge in [-0.3, -0.25) is 19.3 Å². The summed E-state index contributed by atoms with van der Waals surface area (Å²) < 4.78 is 13.2. The Balaban J connectivity index is 1.70. The predicted molar refractivity (Wildman–Crippen MR) is 98.9 cm³/mol. The van der Waals surface area contributed by atoms with Crippen LogP contribution in [0.2, 0.25) is 0 Å². The summed E-state index contributed by atoms with van der Waals surface area (Å²) >= 11 is 0.729. The Kier molecular flexibility index (Phi) is 5.18. The average molecular weight is 370 g/mol. The molecule has 1 aliphatic rings. The summed E-state index contributed by atoms with van der Waals surface area (Å²) in [5, 5.41) is 2.13. The number of imide groups is 1. The maximum Gasteiger partial charge on any atom is 0.294 e. The van der Waals surface area contributed by atoms with E-state index < -0.39 is 22.9 Å². The Labute approximate surface area is 153 Å². The molecular weight excluding hydrogens is 355 g/mol. The number of benzene rings is 2. The van der Waals surface area contributed by atoms with Crippen molar-refractivity contribution in [3.05, 3.63) is 70.4 Å². The topological polar surface area (TPSA) is 66.5 Å². The molecule has 1 aliphatic heterocycles. The number of amides is 3. The van der Waals surface area contributed by atoms with Gasteiger partial charge in [0, 0.05) is 5.69 Å². The third-order valence-corrected chi connectivity index (χ3v) is 4.53. The molecule has 3 amide bonds. The number of rotatable bonds is 4.